The molecule has 122 valence electrons. The zero-order valence-corrected chi connectivity index (χ0v) is 13.2. The lowest BCUT2D eigenvalue weighted by atomic mass is 10.2. The quantitative estimate of drug-likeness (QED) is 0.622. The van der Waals surface area contributed by atoms with Crippen LogP contribution in [0.3, 0.4) is 0 Å². The highest BCUT2D eigenvalue weighted by Crippen LogP contribution is 2.34. The van der Waals surface area contributed by atoms with Gasteiger partial charge in [-0.25, -0.2) is 0 Å². The summed E-state index contributed by atoms with van der Waals surface area (Å²) in [6.07, 6.45) is 1.17. The fraction of sp³-hybridized carbons (Fsp3) is 0.214. The molecule has 2 rings (SSSR count). The number of carbonyl (C=O) groups is 2. The van der Waals surface area contributed by atoms with Crippen LogP contribution in [-0.4, -0.2) is 39.4 Å². The summed E-state index contributed by atoms with van der Waals surface area (Å²) in [5, 5.41) is 8.68. The van der Waals surface area contributed by atoms with Gasteiger partial charge in [0, 0.05) is 12.1 Å². The second-order valence-corrected chi connectivity index (χ2v) is 6.07. The minimum Gasteiger partial charge on any atom is -0.481 e. The normalized spacial score (nSPS) is 16.5. The van der Waals surface area contributed by atoms with Crippen molar-refractivity contribution in [1.82, 2.24) is 4.90 Å². The van der Waals surface area contributed by atoms with Gasteiger partial charge in [0.05, 0.1) is 11.3 Å². The van der Waals surface area contributed by atoms with Crippen LogP contribution < -0.4 is 4.74 Å². The van der Waals surface area contributed by atoms with Crippen LogP contribution in [-0.2, 0) is 9.59 Å². The van der Waals surface area contributed by atoms with Crippen LogP contribution >= 0.6 is 24.0 Å². The molecular formula is C14H11F2NO4S2. The summed E-state index contributed by atoms with van der Waals surface area (Å²) in [4.78, 5) is 24.2. The summed E-state index contributed by atoms with van der Waals surface area (Å²) in [5.74, 6) is -1.55. The van der Waals surface area contributed by atoms with Gasteiger partial charge in [0.1, 0.15) is 10.1 Å². The molecule has 0 unspecified atom stereocenters. The van der Waals surface area contributed by atoms with E-state index in [0.717, 1.165) is 11.8 Å². The van der Waals surface area contributed by atoms with Crippen molar-refractivity contribution in [2.75, 3.05) is 6.54 Å². The zero-order valence-electron chi connectivity index (χ0n) is 11.6. The van der Waals surface area contributed by atoms with Gasteiger partial charge in [-0.2, -0.15) is 8.78 Å². The van der Waals surface area contributed by atoms with E-state index in [2.05, 4.69) is 4.74 Å². The van der Waals surface area contributed by atoms with Gasteiger partial charge in [0.25, 0.3) is 5.91 Å². The summed E-state index contributed by atoms with van der Waals surface area (Å²) >= 11 is 6.04. The molecule has 1 aliphatic rings. The first kappa shape index (κ1) is 17.4. The van der Waals surface area contributed by atoms with Gasteiger partial charge in [0.15, 0.2) is 0 Å². The van der Waals surface area contributed by atoms with Crippen molar-refractivity contribution in [3.05, 3.63) is 34.7 Å². The van der Waals surface area contributed by atoms with Crippen LogP contribution in [0.4, 0.5) is 8.78 Å². The molecule has 0 aromatic heterocycles. The van der Waals surface area contributed by atoms with Crippen LogP contribution in [0.25, 0.3) is 6.08 Å². The molecule has 1 aromatic carbocycles. The maximum atomic E-state index is 12.4. The highest BCUT2D eigenvalue weighted by atomic mass is 32.2. The van der Waals surface area contributed by atoms with Crippen LogP contribution in [0.5, 0.6) is 5.75 Å². The van der Waals surface area contributed by atoms with Crippen molar-refractivity contribution in [2.24, 2.45) is 0 Å². The standard InChI is InChI=1S/C14H11F2NO4S2/c15-13(16)21-9-4-2-1-3-8(9)7-10-12(20)17(14(22)23-10)6-5-11(18)19/h1-4,7,13H,5-6H2,(H,18,19)/b10-7-. The number of hydrogen-bond acceptors (Lipinski definition) is 5. The molecule has 0 bridgehead atoms. The average molecular weight is 359 g/mol. The Kier molecular flexibility index (Phi) is 5.67. The molecule has 0 aliphatic carbocycles. The molecule has 1 N–H and O–H groups in total. The number of para-hydroxylation sites is 1. The fourth-order valence-electron chi connectivity index (χ4n) is 1.84. The topological polar surface area (TPSA) is 66.8 Å². The van der Waals surface area contributed by atoms with Crippen molar-refractivity contribution >= 4 is 46.3 Å². The number of halogens is 2. The Balaban J connectivity index is 2.22. The van der Waals surface area contributed by atoms with Gasteiger partial charge in [0.2, 0.25) is 0 Å². The second kappa shape index (κ2) is 7.51. The van der Waals surface area contributed by atoms with Crippen LogP contribution in [0.2, 0.25) is 0 Å². The summed E-state index contributed by atoms with van der Waals surface area (Å²) in [5.41, 5.74) is 0.312. The van der Waals surface area contributed by atoms with E-state index < -0.39 is 18.5 Å². The van der Waals surface area contributed by atoms with E-state index in [1.54, 1.807) is 6.07 Å². The smallest absolute Gasteiger partial charge is 0.387 e. The molecule has 0 spiro atoms. The summed E-state index contributed by atoms with van der Waals surface area (Å²) in [7, 11) is 0. The maximum Gasteiger partial charge on any atom is 0.387 e. The lowest BCUT2D eigenvalue weighted by molar-refractivity contribution is -0.137. The van der Waals surface area contributed by atoms with E-state index in [0.29, 0.717) is 5.56 Å². The number of carbonyl (C=O) groups excluding carboxylic acids is 1. The number of benzene rings is 1. The highest BCUT2D eigenvalue weighted by Gasteiger charge is 2.32. The first-order valence-electron chi connectivity index (χ1n) is 6.39. The van der Waals surface area contributed by atoms with E-state index in [1.165, 1.54) is 29.2 Å². The molecule has 9 heteroatoms. The molecule has 1 heterocycles. The third-order valence-electron chi connectivity index (χ3n) is 2.84. The van der Waals surface area contributed by atoms with Crippen molar-refractivity contribution in [3.8, 4) is 5.75 Å². The van der Waals surface area contributed by atoms with Gasteiger partial charge in [-0.15, -0.1) is 0 Å². The maximum absolute atomic E-state index is 12.4. The molecule has 0 atom stereocenters. The fourth-order valence-corrected chi connectivity index (χ4v) is 3.14. The molecule has 1 amide bonds. The van der Waals surface area contributed by atoms with E-state index in [-0.39, 0.29) is 27.9 Å². The Hall–Kier alpha value is -2.00. The predicted octanol–water partition coefficient (Wildman–Crippen LogP) is 2.96. The summed E-state index contributed by atoms with van der Waals surface area (Å²) in [6, 6.07) is 6.05. The minimum absolute atomic E-state index is 0.0352. The second-order valence-electron chi connectivity index (χ2n) is 4.39. The van der Waals surface area contributed by atoms with E-state index in [4.69, 9.17) is 17.3 Å². The first-order valence-corrected chi connectivity index (χ1v) is 7.62. The molecule has 0 radical (unpaired) electrons. The van der Waals surface area contributed by atoms with Gasteiger partial charge in [-0.1, -0.05) is 42.2 Å². The Bertz CT molecular complexity index is 678. The molecule has 5 nitrogen and oxygen atoms in total. The largest absolute Gasteiger partial charge is 0.481 e. The number of rotatable bonds is 6. The van der Waals surface area contributed by atoms with Gasteiger partial charge >= 0.3 is 12.6 Å². The zero-order chi connectivity index (χ0) is 17.0. The van der Waals surface area contributed by atoms with Gasteiger partial charge < -0.3 is 9.84 Å². The summed E-state index contributed by atoms with van der Waals surface area (Å²) in [6.45, 7) is -3.01. The SMILES string of the molecule is O=C(O)CCN1C(=O)/C(=C/c2ccccc2OC(F)F)SC1=S. The number of alkyl halides is 2. The Labute approximate surface area is 139 Å². The third kappa shape index (κ3) is 4.49. The van der Waals surface area contributed by atoms with Crippen molar-refractivity contribution in [3.63, 3.8) is 0 Å². The molecule has 23 heavy (non-hydrogen) atoms. The molecule has 1 saturated heterocycles. The Morgan fingerprint density at radius 2 is 2.13 bits per heavy atom. The number of hydrogen-bond donors (Lipinski definition) is 1. The van der Waals surface area contributed by atoms with Gasteiger partial charge in [-0.3, -0.25) is 14.5 Å². The number of carboxylic acids is 1. The number of thiocarbonyl (C=S) groups is 1. The lowest BCUT2D eigenvalue weighted by Gasteiger charge is -2.12. The molecule has 0 saturated carbocycles. The summed E-state index contributed by atoms with van der Waals surface area (Å²) < 4.78 is 29.4. The minimum atomic E-state index is -2.98. The van der Waals surface area contributed by atoms with Gasteiger partial charge in [-0.05, 0) is 12.1 Å². The van der Waals surface area contributed by atoms with Crippen LogP contribution in [0.15, 0.2) is 29.2 Å². The number of aliphatic carboxylic acids is 1. The molecule has 1 fully saturated rings. The average Bonchev–Trinajstić information content (AvgIpc) is 2.73. The first-order chi connectivity index (χ1) is 10.9. The number of ether oxygens (including phenoxy) is 1. The van der Waals surface area contributed by atoms with E-state index in [1.807, 2.05) is 0 Å². The highest BCUT2D eigenvalue weighted by molar-refractivity contribution is 8.26. The molecule has 1 aliphatic heterocycles. The molecular weight excluding hydrogens is 348 g/mol. The number of thioether (sulfide) groups is 1. The number of carboxylic acid groups (broad SMARTS) is 1. The number of nitrogens with zero attached hydrogens (tertiary/aromatic N) is 1. The molecule has 1 aromatic rings. The van der Waals surface area contributed by atoms with Crippen LogP contribution in [0, 0.1) is 0 Å². The number of amides is 1. The third-order valence-corrected chi connectivity index (χ3v) is 4.22. The monoisotopic (exact) mass is 359 g/mol. The lowest BCUT2D eigenvalue weighted by Crippen LogP contribution is -2.30. The van der Waals surface area contributed by atoms with Crippen LogP contribution in [0.1, 0.15) is 12.0 Å². The Morgan fingerprint density at radius 3 is 2.78 bits per heavy atom. The van der Waals surface area contributed by atoms with E-state index in [9.17, 15) is 18.4 Å². The Morgan fingerprint density at radius 1 is 1.43 bits per heavy atom. The van der Waals surface area contributed by atoms with Crippen molar-refractivity contribution in [1.29, 1.82) is 0 Å². The predicted molar refractivity (Wildman–Crippen MR) is 85.2 cm³/mol. The van der Waals surface area contributed by atoms with Crippen molar-refractivity contribution in [2.45, 2.75) is 13.0 Å². The van der Waals surface area contributed by atoms with E-state index >= 15 is 0 Å². The van der Waals surface area contributed by atoms with Crippen molar-refractivity contribution < 1.29 is 28.2 Å².